The van der Waals surface area contributed by atoms with Gasteiger partial charge in [0.25, 0.3) is 5.91 Å². The molecule has 0 aromatic heterocycles. The number of nitrogens with zero attached hydrogens (tertiary/aromatic N) is 1. The normalized spacial score (nSPS) is 9.76. The second kappa shape index (κ2) is 6.29. The van der Waals surface area contributed by atoms with E-state index in [9.17, 15) is 4.79 Å². The molecule has 2 rings (SSSR count). The van der Waals surface area contributed by atoms with E-state index in [-0.39, 0.29) is 5.91 Å². The number of anilines is 2. The van der Waals surface area contributed by atoms with E-state index in [0.29, 0.717) is 32.7 Å². The maximum atomic E-state index is 12.2. The van der Waals surface area contributed by atoms with Crippen LogP contribution in [-0.4, -0.2) is 13.0 Å². The van der Waals surface area contributed by atoms with Gasteiger partial charge < -0.3 is 15.8 Å². The molecule has 0 radical (unpaired) electrons. The Hall–Kier alpha value is -2.52. The van der Waals surface area contributed by atoms with E-state index in [1.54, 1.807) is 36.4 Å². The fourth-order valence-electron chi connectivity index (χ4n) is 1.75. The fourth-order valence-corrected chi connectivity index (χ4v) is 2.23. The fraction of sp³-hybridized carbons (Fsp3) is 0.0667. The van der Waals surface area contributed by atoms with E-state index in [1.807, 2.05) is 6.07 Å². The van der Waals surface area contributed by atoms with Crippen molar-refractivity contribution in [2.75, 3.05) is 18.2 Å². The van der Waals surface area contributed by atoms with Gasteiger partial charge in [-0.1, -0.05) is 0 Å². The number of nitrogens with one attached hydrogen (secondary N) is 1. The number of methoxy groups -OCH3 is 1. The lowest BCUT2D eigenvalue weighted by atomic mass is 10.1. The second-order valence-corrected chi connectivity index (χ2v) is 5.07. The number of carbonyl (C=O) groups excluding carboxylic acids is 1. The molecule has 5 nitrogen and oxygen atoms in total. The highest BCUT2D eigenvalue weighted by Gasteiger charge is 2.12. The van der Waals surface area contributed by atoms with Gasteiger partial charge >= 0.3 is 0 Å². The zero-order chi connectivity index (χ0) is 15.4. The first-order chi connectivity index (χ1) is 10.0. The third kappa shape index (κ3) is 3.33. The molecule has 2 aromatic rings. The van der Waals surface area contributed by atoms with Crippen LogP contribution in [0.5, 0.6) is 5.75 Å². The summed E-state index contributed by atoms with van der Waals surface area (Å²) >= 11 is 3.31. The van der Waals surface area contributed by atoms with Crippen molar-refractivity contribution < 1.29 is 9.53 Å². The lowest BCUT2D eigenvalue weighted by molar-refractivity contribution is 0.102. The maximum Gasteiger partial charge on any atom is 0.257 e. The molecule has 0 heterocycles. The van der Waals surface area contributed by atoms with E-state index in [4.69, 9.17) is 15.7 Å². The molecule has 0 aliphatic rings. The number of hydrogen-bond acceptors (Lipinski definition) is 4. The summed E-state index contributed by atoms with van der Waals surface area (Å²) in [5, 5.41) is 11.6. The van der Waals surface area contributed by atoms with Gasteiger partial charge in [-0.3, -0.25) is 4.79 Å². The van der Waals surface area contributed by atoms with E-state index in [1.165, 1.54) is 7.11 Å². The van der Waals surface area contributed by atoms with Crippen molar-refractivity contribution >= 4 is 33.2 Å². The van der Waals surface area contributed by atoms with Gasteiger partial charge in [0.1, 0.15) is 5.75 Å². The van der Waals surface area contributed by atoms with Gasteiger partial charge in [-0.25, -0.2) is 0 Å². The summed E-state index contributed by atoms with van der Waals surface area (Å²) in [6.45, 7) is 0. The Balaban J connectivity index is 2.24. The van der Waals surface area contributed by atoms with E-state index in [2.05, 4.69) is 21.2 Å². The maximum absolute atomic E-state index is 12.2. The van der Waals surface area contributed by atoms with Crippen LogP contribution in [0.1, 0.15) is 15.9 Å². The zero-order valence-electron chi connectivity index (χ0n) is 11.2. The van der Waals surface area contributed by atoms with E-state index < -0.39 is 0 Å². The van der Waals surface area contributed by atoms with Gasteiger partial charge in [0.05, 0.1) is 30.0 Å². The number of nitrogens with two attached hydrogens (primary N) is 1. The van der Waals surface area contributed by atoms with Crippen molar-refractivity contribution in [3.8, 4) is 11.8 Å². The number of benzene rings is 2. The molecule has 0 aliphatic heterocycles. The SMILES string of the molecule is COc1ccc(C(=O)Nc2ccc(C#N)cc2Br)c(N)c1. The molecule has 0 saturated heterocycles. The molecule has 6 heteroatoms. The minimum Gasteiger partial charge on any atom is -0.497 e. The van der Waals surface area contributed by atoms with Crippen molar-refractivity contribution in [2.24, 2.45) is 0 Å². The summed E-state index contributed by atoms with van der Waals surface area (Å²) in [7, 11) is 1.53. The molecule has 106 valence electrons. The zero-order valence-corrected chi connectivity index (χ0v) is 12.8. The Morgan fingerprint density at radius 1 is 1.33 bits per heavy atom. The van der Waals surface area contributed by atoms with Gasteiger partial charge in [0, 0.05) is 16.2 Å². The molecular weight excluding hydrogens is 334 g/mol. The summed E-state index contributed by atoms with van der Waals surface area (Å²) in [6.07, 6.45) is 0. The Morgan fingerprint density at radius 2 is 2.10 bits per heavy atom. The van der Waals surface area contributed by atoms with Crippen LogP contribution < -0.4 is 15.8 Å². The van der Waals surface area contributed by atoms with Crippen molar-refractivity contribution in [1.29, 1.82) is 5.26 Å². The minimum atomic E-state index is -0.333. The van der Waals surface area contributed by atoms with Crippen molar-refractivity contribution in [3.63, 3.8) is 0 Å². The average Bonchev–Trinajstić information content (AvgIpc) is 2.48. The molecule has 0 bridgehead atoms. The molecule has 1 amide bonds. The Morgan fingerprint density at radius 3 is 2.67 bits per heavy atom. The molecule has 3 N–H and O–H groups in total. The quantitative estimate of drug-likeness (QED) is 0.836. The number of nitriles is 1. The molecule has 0 aliphatic carbocycles. The summed E-state index contributed by atoms with van der Waals surface area (Å²) in [5.41, 5.74) is 7.59. The van der Waals surface area contributed by atoms with Crippen LogP contribution in [0, 0.1) is 11.3 Å². The molecule has 2 aromatic carbocycles. The lowest BCUT2D eigenvalue weighted by Gasteiger charge is -2.10. The van der Waals surface area contributed by atoms with Crippen LogP contribution in [0.25, 0.3) is 0 Å². The highest BCUT2D eigenvalue weighted by atomic mass is 79.9. The van der Waals surface area contributed by atoms with Gasteiger partial charge in [-0.05, 0) is 46.3 Å². The smallest absolute Gasteiger partial charge is 0.257 e. The Kier molecular flexibility index (Phi) is 4.45. The molecule has 0 unspecified atom stereocenters. The van der Waals surface area contributed by atoms with Crippen molar-refractivity contribution in [1.82, 2.24) is 0 Å². The van der Waals surface area contributed by atoms with E-state index in [0.717, 1.165) is 0 Å². The Labute approximate surface area is 130 Å². The minimum absolute atomic E-state index is 0.330. The molecular formula is C15H12BrN3O2. The lowest BCUT2D eigenvalue weighted by Crippen LogP contribution is -2.14. The predicted octanol–water partition coefficient (Wildman–Crippen LogP) is 3.16. The van der Waals surface area contributed by atoms with Crippen LogP contribution in [0.2, 0.25) is 0 Å². The van der Waals surface area contributed by atoms with Gasteiger partial charge in [0.15, 0.2) is 0 Å². The molecule has 0 saturated carbocycles. The number of ether oxygens (including phenoxy) is 1. The van der Waals surface area contributed by atoms with Crippen LogP contribution >= 0.6 is 15.9 Å². The van der Waals surface area contributed by atoms with Crippen LogP contribution in [0.4, 0.5) is 11.4 Å². The molecule has 0 fully saturated rings. The number of hydrogen-bond donors (Lipinski definition) is 2. The highest BCUT2D eigenvalue weighted by Crippen LogP contribution is 2.25. The van der Waals surface area contributed by atoms with Crippen LogP contribution in [-0.2, 0) is 0 Å². The number of nitrogen functional groups attached to an aromatic ring is 1. The van der Waals surface area contributed by atoms with Gasteiger partial charge in [-0.15, -0.1) is 0 Å². The van der Waals surface area contributed by atoms with Crippen LogP contribution in [0.15, 0.2) is 40.9 Å². The largest absolute Gasteiger partial charge is 0.497 e. The molecule has 0 spiro atoms. The second-order valence-electron chi connectivity index (χ2n) is 4.21. The van der Waals surface area contributed by atoms with Crippen molar-refractivity contribution in [2.45, 2.75) is 0 Å². The third-order valence-corrected chi connectivity index (χ3v) is 3.51. The van der Waals surface area contributed by atoms with Crippen LogP contribution in [0.3, 0.4) is 0 Å². The standard InChI is InChI=1S/C15H12BrN3O2/c1-21-10-3-4-11(13(18)7-10)15(20)19-14-5-2-9(8-17)6-12(14)16/h2-7H,18H2,1H3,(H,19,20). The summed E-state index contributed by atoms with van der Waals surface area (Å²) < 4.78 is 5.67. The van der Waals surface area contributed by atoms with Crippen molar-refractivity contribution in [3.05, 3.63) is 52.0 Å². The molecule has 21 heavy (non-hydrogen) atoms. The summed E-state index contributed by atoms with van der Waals surface area (Å²) in [6, 6.07) is 11.8. The summed E-state index contributed by atoms with van der Waals surface area (Å²) in [4.78, 5) is 12.2. The highest BCUT2D eigenvalue weighted by molar-refractivity contribution is 9.10. The molecule has 0 atom stereocenters. The third-order valence-electron chi connectivity index (χ3n) is 2.85. The topological polar surface area (TPSA) is 88.1 Å². The first-order valence-electron chi connectivity index (χ1n) is 5.99. The number of rotatable bonds is 3. The number of carbonyl (C=O) groups is 1. The number of halogens is 1. The monoisotopic (exact) mass is 345 g/mol. The average molecular weight is 346 g/mol. The van der Waals surface area contributed by atoms with Gasteiger partial charge in [-0.2, -0.15) is 5.26 Å². The Bertz CT molecular complexity index is 738. The number of amides is 1. The predicted molar refractivity (Wildman–Crippen MR) is 84.2 cm³/mol. The first-order valence-corrected chi connectivity index (χ1v) is 6.79. The van der Waals surface area contributed by atoms with Gasteiger partial charge in [0.2, 0.25) is 0 Å². The summed E-state index contributed by atoms with van der Waals surface area (Å²) in [5.74, 6) is 0.254. The first kappa shape index (κ1) is 14.9. The van der Waals surface area contributed by atoms with E-state index >= 15 is 0 Å².